The Morgan fingerprint density at radius 3 is 2.43 bits per heavy atom. The predicted molar refractivity (Wildman–Crippen MR) is 111 cm³/mol. The van der Waals surface area contributed by atoms with Gasteiger partial charge in [-0.2, -0.15) is 0 Å². The van der Waals surface area contributed by atoms with Crippen LogP contribution in [0.4, 0.5) is 5.69 Å². The molecule has 0 spiro atoms. The van der Waals surface area contributed by atoms with Crippen molar-refractivity contribution < 1.29 is 9.59 Å². The van der Waals surface area contributed by atoms with Gasteiger partial charge in [0.05, 0.1) is 11.1 Å². The summed E-state index contributed by atoms with van der Waals surface area (Å²) in [6.07, 6.45) is 6.21. The number of amides is 2. The molecule has 1 saturated heterocycles. The van der Waals surface area contributed by atoms with E-state index in [1.54, 1.807) is 12.3 Å². The van der Waals surface area contributed by atoms with E-state index in [-0.39, 0.29) is 11.8 Å². The monoisotopic (exact) mass is 380 g/mol. The molecule has 1 aliphatic rings. The van der Waals surface area contributed by atoms with E-state index in [2.05, 4.69) is 34.3 Å². The molecule has 6 heteroatoms. The van der Waals surface area contributed by atoms with Crippen molar-refractivity contribution in [2.75, 3.05) is 37.6 Å². The number of rotatable bonds is 7. The fraction of sp³-hybridized carbons (Fsp3) is 0.409. The second-order valence-electron chi connectivity index (χ2n) is 7.04. The molecule has 148 valence electrons. The Balaban J connectivity index is 1.57. The molecule has 0 unspecified atom stereocenters. The van der Waals surface area contributed by atoms with E-state index in [1.165, 1.54) is 11.9 Å². The third-order valence-corrected chi connectivity index (χ3v) is 5.00. The van der Waals surface area contributed by atoms with E-state index >= 15 is 0 Å². The minimum absolute atomic E-state index is 0.0687. The van der Waals surface area contributed by atoms with Crippen molar-refractivity contribution in [1.82, 2.24) is 15.2 Å². The number of aromatic nitrogens is 1. The number of para-hydroxylation sites is 1. The third kappa shape index (κ3) is 5.09. The molecular formula is C22H28N4O2. The van der Waals surface area contributed by atoms with Crippen LogP contribution in [0.2, 0.25) is 0 Å². The van der Waals surface area contributed by atoms with Gasteiger partial charge in [-0.05, 0) is 24.6 Å². The molecule has 0 bridgehead atoms. The average molecular weight is 380 g/mol. The first-order valence-electron chi connectivity index (χ1n) is 10.0. The molecule has 2 aromatic rings. The minimum atomic E-state index is -0.174. The van der Waals surface area contributed by atoms with Gasteiger partial charge in [0, 0.05) is 50.8 Å². The number of unbranched alkanes of at least 4 members (excludes halogenated alkanes) is 2. The zero-order valence-electron chi connectivity index (χ0n) is 16.4. The number of carbonyl (C=O) groups excluding carboxylic acids is 2. The van der Waals surface area contributed by atoms with Gasteiger partial charge in [-0.3, -0.25) is 14.6 Å². The SMILES string of the molecule is CCCCCNC(=O)c1cncc(C(=O)N2CCN(c3ccccc3)CC2)c1. The molecule has 1 aromatic heterocycles. The molecule has 3 rings (SSSR count). The topological polar surface area (TPSA) is 65.5 Å². The van der Waals surface area contributed by atoms with Gasteiger partial charge in [-0.1, -0.05) is 38.0 Å². The highest BCUT2D eigenvalue weighted by Crippen LogP contribution is 2.17. The Morgan fingerprint density at radius 2 is 1.71 bits per heavy atom. The van der Waals surface area contributed by atoms with Crippen molar-refractivity contribution in [3.05, 3.63) is 59.9 Å². The van der Waals surface area contributed by atoms with Crippen molar-refractivity contribution in [1.29, 1.82) is 0 Å². The van der Waals surface area contributed by atoms with E-state index < -0.39 is 0 Å². The van der Waals surface area contributed by atoms with Gasteiger partial charge in [0.1, 0.15) is 0 Å². The summed E-state index contributed by atoms with van der Waals surface area (Å²) in [6, 6.07) is 11.9. The van der Waals surface area contributed by atoms with E-state index in [1.807, 2.05) is 23.1 Å². The van der Waals surface area contributed by atoms with Crippen LogP contribution in [0, 0.1) is 0 Å². The highest BCUT2D eigenvalue weighted by Gasteiger charge is 2.23. The van der Waals surface area contributed by atoms with Crippen LogP contribution in [0.1, 0.15) is 46.9 Å². The molecule has 2 amide bonds. The predicted octanol–water partition coefficient (Wildman–Crippen LogP) is 2.96. The van der Waals surface area contributed by atoms with E-state index in [0.717, 1.165) is 32.4 Å². The van der Waals surface area contributed by atoms with E-state index in [9.17, 15) is 9.59 Å². The Bertz CT molecular complexity index is 786. The quantitative estimate of drug-likeness (QED) is 0.750. The van der Waals surface area contributed by atoms with E-state index in [0.29, 0.717) is 30.8 Å². The number of nitrogens with zero attached hydrogens (tertiary/aromatic N) is 3. The second-order valence-corrected chi connectivity index (χ2v) is 7.04. The van der Waals surface area contributed by atoms with Gasteiger partial charge in [0.25, 0.3) is 11.8 Å². The number of piperazine rings is 1. The fourth-order valence-electron chi connectivity index (χ4n) is 3.35. The van der Waals surface area contributed by atoms with Crippen molar-refractivity contribution in [2.45, 2.75) is 26.2 Å². The van der Waals surface area contributed by atoms with Crippen molar-refractivity contribution in [3.63, 3.8) is 0 Å². The zero-order valence-corrected chi connectivity index (χ0v) is 16.4. The van der Waals surface area contributed by atoms with E-state index in [4.69, 9.17) is 0 Å². The summed E-state index contributed by atoms with van der Waals surface area (Å²) < 4.78 is 0. The van der Waals surface area contributed by atoms with Gasteiger partial charge in [-0.15, -0.1) is 0 Å². The maximum Gasteiger partial charge on any atom is 0.255 e. The summed E-state index contributed by atoms with van der Waals surface area (Å²) in [4.78, 5) is 33.4. The minimum Gasteiger partial charge on any atom is -0.368 e. The molecule has 1 N–H and O–H groups in total. The molecule has 1 aromatic carbocycles. The summed E-state index contributed by atoms with van der Waals surface area (Å²) in [5, 5.41) is 2.89. The molecule has 0 aliphatic carbocycles. The maximum absolute atomic E-state index is 12.9. The van der Waals surface area contributed by atoms with Crippen LogP contribution in [-0.4, -0.2) is 54.4 Å². The largest absolute Gasteiger partial charge is 0.368 e. The van der Waals surface area contributed by atoms with Gasteiger partial charge in [0.2, 0.25) is 0 Å². The van der Waals surface area contributed by atoms with Crippen LogP contribution >= 0.6 is 0 Å². The lowest BCUT2D eigenvalue weighted by Crippen LogP contribution is -2.48. The zero-order chi connectivity index (χ0) is 19.8. The normalized spacial score (nSPS) is 14.0. The Labute approximate surface area is 166 Å². The highest BCUT2D eigenvalue weighted by atomic mass is 16.2. The first-order chi connectivity index (χ1) is 13.7. The molecule has 2 heterocycles. The van der Waals surface area contributed by atoms with Gasteiger partial charge in [-0.25, -0.2) is 0 Å². The standard InChI is InChI=1S/C22H28N4O2/c1-2-3-7-10-24-21(27)18-15-19(17-23-16-18)22(28)26-13-11-25(12-14-26)20-8-5-4-6-9-20/h4-6,8-9,15-17H,2-3,7,10-14H2,1H3,(H,24,27). The molecular weight excluding hydrogens is 352 g/mol. The number of nitrogens with one attached hydrogen (secondary N) is 1. The number of hydrogen-bond donors (Lipinski definition) is 1. The first kappa shape index (κ1) is 19.9. The van der Waals surface area contributed by atoms with Crippen LogP contribution < -0.4 is 10.2 Å². The maximum atomic E-state index is 12.9. The highest BCUT2D eigenvalue weighted by molar-refractivity contribution is 5.99. The van der Waals surface area contributed by atoms with Crippen molar-refractivity contribution >= 4 is 17.5 Å². The molecule has 28 heavy (non-hydrogen) atoms. The second kappa shape index (κ2) is 9.88. The number of hydrogen-bond acceptors (Lipinski definition) is 4. The third-order valence-electron chi connectivity index (χ3n) is 5.00. The summed E-state index contributed by atoms with van der Waals surface area (Å²) in [5.41, 5.74) is 2.08. The first-order valence-corrected chi connectivity index (χ1v) is 10.0. The van der Waals surface area contributed by atoms with Crippen molar-refractivity contribution in [2.24, 2.45) is 0 Å². The van der Waals surface area contributed by atoms with Crippen LogP contribution in [0.3, 0.4) is 0 Å². The lowest BCUT2D eigenvalue weighted by atomic mass is 10.1. The van der Waals surface area contributed by atoms with Crippen LogP contribution in [0.5, 0.6) is 0 Å². The summed E-state index contributed by atoms with van der Waals surface area (Å²) in [7, 11) is 0. The molecule has 0 radical (unpaired) electrons. The van der Waals surface area contributed by atoms with Crippen LogP contribution in [-0.2, 0) is 0 Å². The lowest BCUT2D eigenvalue weighted by molar-refractivity contribution is 0.0746. The lowest BCUT2D eigenvalue weighted by Gasteiger charge is -2.36. The molecule has 0 saturated carbocycles. The van der Waals surface area contributed by atoms with Gasteiger partial charge in [0.15, 0.2) is 0 Å². The number of anilines is 1. The summed E-state index contributed by atoms with van der Waals surface area (Å²) in [6.45, 7) is 5.66. The van der Waals surface area contributed by atoms with Crippen LogP contribution in [0.15, 0.2) is 48.8 Å². The average Bonchev–Trinajstić information content (AvgIpc) is 2.77. The fourth-order valence-corrected chi connectivity index (χ4v) is 3.35. The summed E-state index contributed by atoms with van der Waals surface area (Å²) in [5.74, 6) is -0.243. The molecule has 0 atom stereocenters. The number of benzene rings is 1. The Hall–Kier alpha value is -2.89. The molecule has 1 fully saturated rings. The van der Waals surface area contributed by atoms with Gasteiger partial charge >= 0.3 is 0 Å². The molecule has 6 nitrogen and oxygen atoms in total. The number of pyridine rings is 1. The smallest absolute Gasteiger partial charge is 0.255 e. The Morgan fingerprint density at radius 1 is 1.00 bits per heavy atom. The molecule has 1 aliphatic heterocycles. The van der Waals surface area contributed by atoms with Gasteiger partial charge < -0.3 is 15.1 Å². The van der Waals surface area contributed by atoms with Crippen molar-refractivity contribution in [3.8, 4) is 0 Å². The van der Waals surface area contributed by atoms with Crippen LogP contribution in [0.25, 0.3) is 0 Å². The summed E-state index contributed by atoms with van der Waals surface area (Å²) >= 11 is 0. The number of carbonyl (C=O) groups is 2. The Kier molecular flexibility index (Phi) is 7.00.